The van der Waals surface area contributed by atoms with Gasteiger partial charge in [-0.15, -0.1) is 10.2 Å². The minimum absolute atomic E-state index is 0.421. The van der Waals surface area contributed by atoms with E-state index in [-0.39, 0.29) is 0 Å². The van der Waals surface area contributed by atoms with Gasteiger partial charge in [-0.25, -0.2) is 4.79 Å². The van der Waals surface area contributed by atoms with E-state index < -0.39 is 11.7 Å². The van der Waals surface area contributed by atoms with Crippen molar-refractivity contribution in [1.82, 2.24) is 15.5 Å². The Balaban J connectivity index is 1.86. The third-order valence-corrected chi connectivity index (χ3v) is 2.95. The van der Waals surface area contributed by atoms with Crippen LogP contribution in [0.5, 0.6) is 0 Å². The average Bonchev–Trinajstić information content (AvgIpc) is 2.97. The number of hydrogen-bond donors (Lipinski definition) is 2. The summed E-state index contributed by atoms with van der Waals surface area (Å²) >= 11 is 0. The second-order valence-corrected chi connectivity index (χ2v) is 6.13. The van der Waals surface area contributed by atoms with Crippen molar-refractivity contribution in [3.05, 3.63) is 30.2 Å². The van der Waals surface area contributed by atoms with Gasteiger partial charge < -0.3 is 19.8 Å². The number of nitrogens with one attached hydrogen (secondary N) is 2. The molecule has 2 rings (SSSR count). The van der Waals surface area contributed by atoms with Gasteiger partial charge in [0.1, 0.15) is 5.60 Å². The van der Waals surface area contributed by atoms with Gasteiger partial charge in [0.05, 0.1) is 0 Å². The molecule has 0 radical (unpaired) electrons. The second kappa shape index (κ2) is 7.13. The molecular weight excluding hydrogens is 296 g/mol. The Labute approximate surface area is 135 Å². The summed E-state index contributed by atoms with van der Waals surface area (Å²) < 4.78 is 10.4. The van der Waals surface area contributed by atoms with E-state index in [9.17, 15) is 4.79 Å². The summed E-state index contributed by atoms with van der Waals surface area (Å²) in [5.74, 6) is 0.472. The van der Waals surface area contributed by atoms with Gasteiger partial charge in [-0.05, 0) is 45.4 Å². The highest BCUT2D eigenvalue weighted by Gasteiger charge is 2.15. The Kier molecular flexibility index (Phi) is 5.20. The number of anilines is 1. The van der Waals surface area contributed by atoms with Gasteiger partial charge in [-0.2, -0.15) is 0 Å². The predicted molar refractivity (Wildman–Crippen MR) is 87.2 cm³/mol. The topological polar surface area (TPSA) is 89.3 Å². The molecule has 2 aromatic rings. The molecule has 0 spiro atoms. The minimum atomic E-state index is -0.494. The van der Waals surface area contributed by atoms with Crippen LogP contribution in [0, 0.1) is 6.92 Å². The number of ether oxygens (including phenoxy) is 1. The molecular formula is C16H22N4O3. The van der Waals surface area contributed by atoms with Crippen LogP contribution in [0.1, 0.15) is 26.3 Å². The van der Waals surface area contributed by atoms with Gasteiger partial charge in [0, 0.05) is 24.3 Å². The third kappa shape index (κ3) is 5.28. The molecule has 0 bridgehead atoms. The average molecular weight is 318 g/mol. The lowest BCUT2D eigenvalue weighted by Crippen LogP contribution is -2.35. The van der Waals surface area contributed by atoms with Gasteiger partial charge >= 0.3 is 6.09 Å². The zero-order valence-electron chi connectivity index (χ0n) is 13.8. The monoisotopic (exact) mass is 318 g/mol. The number of rotatable bonds is 5. The molecule has 0 atom stereocenters. The number of hydrogen-bond acceptors (Lipinski definition) is 6. The minimum Gasteiger partial charge on any atom is -0.444 e. The Hall–Kier alpha value is -2.57. The van der Waals surface area contributed by atoms with Crippen molar-refractivity contribution < 1.29 is 13.9 Å². The molecule has 1 aromatic carbocycles. The first-order chi connectivity index (χ1) is 10.8. The quantitative estimate of drug-likeness (QED) is 0.824. The zero-order chi connectivity index (χ0) is 16.9. The van der Waals surface area contributed by atoms with Crippen molar-refractivity contribution in [2.24, 2.45) is 0 Å². The maximum Gasteiger partial charge on any atom is 0.407 e. The number of carbonyl (C=O) groups excluding carboxylic acids is 1. The Morgan fingerprint density at radius 2 is 2.09 bits per heavy atom. The second-order valence-electron chi connectivity index (χ2n) is 6.13. The van der Waals surface area contributed by atoms with Crippen molar-refractivity contribution in [2.75, 3.05) is 18.4 Å². The van der Waals surface area contributed by atoms with Gasteiger partial charge in [-0.1, -0.05) is 6.07 Å². The molecule has 0 aliphatic heterocycles. The first-order valence-electron chi connectivity index (χ1n) is 7.43. The molecule has 7 heteroatoms. The standard InChI is InChI=1S/C16H22N4O3/c1-11-5-6-12(14-20-19-10-22-14)9-13(11)17-7-8-18-15(21)23-16(2,3)4/h5-6,9-10,17H,7-8H2,1-4H3,(H,18,21). The number of carbonyl (C=O) groups is 1. The maximum absolute atomic E-state index is 11.6. The molecule has 23 heavy (non-hydrogen) atoms. The van der Waals surface area contributed by atoms with E-state index in [1.54, 1.807) is 0 Å². The number of aryl methyl sites for hydroxylation is 1. The van der Waals surface area contributed by atoms with Crippen LogP contribution in [-0.4, -0.2) is 35.0 Å². The lowest BCUT2D eigenvalue weighted by atomic mass is 10.1. The summed E-state index contributed by atoms with van der Waals surface area (Å²) in [4.78, 5) is 11.6. The van der Waals surface area contributed by atoms with Crippen molar-refractivity contribution >= 4 is 11.8 Å². The first kappa shape index (κ1) is 16.8. The zero-order valence-corrected chi connectivity index (χ0v) is 13.8. The number of amides is 1. The smallest absolute Gasteiger partial charge is 0.407 e. The molecule has 0 fully saturated rings. The van der Waals surface area contributed by atoms with Crippen molar-refractivity contribution in [3.63, 3.8) is 0 Å². The summed E-state index contributed by atoms with van der Waals surface area (Å²) in [6, 6.07) is 5.84. The van der Waals surface area contributed by atoms with Gasteiger partial charge in [0.15, 0.2) is 0 Å². The summed E-state index contributed by atoms with van der Waals surface area (Å²) in [5, 5.41) is 13.5. The largest absolute Gasteiger partial charge is 0.444 e. The fourth-order valence-electron chi connectivity index (χ4n) is 1.92. The lowest BCUT2D eigenvalue weighted by molar-refractivity contribution is 0.0530. The van der Waals surface area contributed by atoms with Crippen LogP contribution >= 0.6 is 0 Å². The summed E-state index contributed by atoms with van der Waals surface area (Å²) in [7, 11) is 0. The fourth-order valence-corrected chi connectivity index (χ4v) is 1.92. The van der Waals surface area contributed by atoms with E-state index in [2.05, 4.69) is 20.8 Å². The van der Waals surface area contributed by atoms with Crippen molar-refractivity contribution in [2.45, 2.75) is 33.3 Å². The summed E-state index contributed by atoms with van der Waals surface area (Å²) in [5.41, 5.74) is 2.39. The molecule has 1 amide bonds. The molecule has 7 nitrogen and oxygen atoms in total. The molecule has 1 heterocycles. The fraction of sp³-hybridized carbons (Fsp3) is 0.438. The summed E-state index contributed by atoms with van der Waals surface area (Å²) in [6.07, 6.45) is 0.878. The third-order valence-electron chi connectivity index (χ3n) is 2.95. The van der Waals surface area contributed by atoms with E-state index in [4.69, 9.17) is 9.15 Å². The van der Waals surface area contributed by atoms with E-state index in [1.165, 1.54) is 6.39 Å². The number of benzene rings is 1. The molecule has 1 aromatic heterocycles. The summed E-state index contributed by atoms with van der Waals surface area (Å²) in [6.45, 7) is 8.53. The maximum atomic E-state index is 11.6. The van der Waals surface area contributed by atoms with Gasteiger partial charge in [0.25, 0.3) is 0 Å². The molecule has 0 aliphatic rings. The van der Waals surface area contributed by atoms with Crippen LogP contribution in [0.15, 0.2) is 29.0 Å². The van der Waals surface area contributed by atoms with Gasteiger partial charge in [0.2, 0.25) is 12.3 Å². The molecule has 2 N–H and O–H groups in total. The Bertz CT molecular complexity index is 648. The molecule has 0 unspecified atom stereocenters. The van der Waals surface area contributed by atoms with E-state index in [0.29, 0.717) is 19.0 Å². The number of nitrogens with zero attached hydrogens (tertiary/aromatic N) is 2. The predicted octanol–water partition coefficient (Wildman–Crippen LogP) is 2.98. The molecule has 0 aliphatic carbocycles. The van der Waals surface area contributed by atoms with Crippen LogP contribution in [-0.2, 0) is 4.74 Å². The highest BCUT2D eigenvalue weighted by Crippen LogP contribution is 2.23. The first-order valence-corrected chi connectivity index (χ1v) is 7.43. The van der Waals surface area contributed by atoms with Crippen LogP contribution in [0.25, 0.3) is 11.5 Å². The van der Waals surface area contributed by atoms with Crippen molar-refractivity contribution in [1.29, 1.82) is 0 Å². The highest BCUT2D eigenvalue weighted by molar-refractivity contribution is 5.68. The van der Waals surface area contributed by atoms with Crippen LogP contribution < -0.4 is 10.6 Å². The Morgan fingerprint density at radius 1 is 1.30 bits per heavy atom. The Morgan fingerprint density at radius 3 is 2.74 bits per heavy atom. The molecule has 124 valence electrons. The van der Waals surface area contributed by atoms with Crippen molar-refractivity contribution in [3.8, 4) is 11.5 Å². The van der Waals surface area contributed by atoms with E-state index >= 15 is 0 Å². The van der Waals surface area contributed by atoms with Crippen LogP contribution in [0.3, 0.4) is 0 Å². The molecule has 0 saturated carbocycles. The normalized spacial score (nSPS) is 11.1. The van der Waals surface area contributed by atoms with E-state index in [1.807, 2.05) is 45.9 Å². The number of aromatic nitrogens is 2. The van der Waals surface area contributed by atoms with Crippen LogP contribution in [0.4, 0.5) is 10.5 Å². The van der Waals surface area contributed by atoms with E-state index in [0.717, 1.165) is 16.8 Å². The van der Waals surface area contributed by atoms with Gasteiger partial charge in [-0.3, -0.25) is 0 Å². The van der Waals surface area contributed by atoms with Crippen LogP contribution in [0.2, 0.25) is 0 Å². The lowest BCUT2D eigenvalue weighted by Gasteiger charge is -2.19. The number of alkyl carbamates (subject to hydrolysis) is 1. The molecule has 0 saturated heterocycles. The SMILES string of the molecule is Cc1ccc(-c2nnco2)cc1NCCNC(=O)OC(C)(C)C. The highest BCUT2D eigenvalue weighted by atomic mass is 16.6.